The number of aryl methyl sites for hydroxylation is 2. The zero-order valence-electron chi connectivity index (χ0n) is 15.1. The van der Waals surface area contributed by atoms with Crippen molar-refractivity contribution in [2.24, 2.45) is 0 Å². The lowest BCUT2D eigenvalue weighted by molar-refractivity contribution is -0.645. The molecule has 0 spiro atoms. The number of nitrogens with one attached hydrogen (secondary N) is 1. The number of carbonyl (C=O) groups excluding carboxylic acids is 1. The van der Waals surface area contributed by atoms with E-state index in [-0.39, 0.29) is 11.7 Å². The van der Waals surface area contributed by atoms with E-state index in [1.54, 1.807) is 30.0 Å². The molecule has 0 bridgehead atoms. The van der Waals surface area contributed by atoms with E-state index in [1.807, 2.05) is 24.3 Å². The predicted octanol–water partition coefficient (Wildman–Crippen LogP) is 4.82. The summed E-state index contributed by atoms with van der Waals surface area (Å²) in [5.41, 5.74) is 3.31. The standard InChI is InChI=1S/C21H20N2O2S2/c1-15-6-9-19(13-16(15)2)27-18-10-7-17(8-11-18)22-20(24)14-26-21-5-3-4-12-23(21)25/h3-13H,14H2,1-2H3,(H,22,24). The molecule has 3 aromatic rings. The molecule has 0 saturated carbocycles. The van der Waals surface area contributed by atoms with E-state index in [0.29, 0.717) is 5.03 Å². The van der Waals surface area contributed by atoms with Crippen LogP contribution < -0.4 is 10.0 Å². The zero-order chi connectivity index (χ0) is 19.2. The molecule has 27 heavy (non-hydrogen) atoms. The van der Waals surface area contributed by atoms with E-state index in [0.717, 1.165) is 15.3 Å². The molecule has 0 aliphatic rings. The maximum atomic E-state index is 12.1. The SMILES string of the molecule is Cc1ccc(Sc2ccc(NC(=O)CSc3cccc[n+]3[O-])cc2)cc1C. The Balaban J connectivity index is 1.54. The van der Waals surface area contributed by atoms with Crippen LogP contribution in [-0.2, 0) is 4.79 Å². The smallest absolute Gasteiger partial charge is 0.251 e. The summed E-state index contributed by atoms with van der Waals surface area (Å²) in [5, 5.41) is 14.9. The summed E-state index contributed by atoms with van der Waals surface area (Å²) < 4.78 is 0.761. The number of nitrogens with zero attached hydrogens (tertiary/aromatic N) is 1. The minimum Gasteiger partial charge on any atom is -0.618 e. The van der Waals surface area contributed by atoms with Crippen LogP contribution in [0.5, 0.6) is 0 Å². The van der Waals surface area contributed by atoms with E-state index < -0.39 is 0 Å². The number of thioether (sulfide) groups is 1. The average molecular weight is 397 g/mol. The summed E-state index contributed by atoms with van der Waals surface area (Å²) in [7, 11) is 0. The third kappa shape index (κ3) is 5.52. The van der Waals surface area contributed by atoms with E-state index in [2.05, 4.69) is 37.4 Å². The van der Waals surface area contributed by atoms with Gasteiger partial charge < -0.3 is 10.5 Å². The third-order valence-electron chi connectivity index (χ3n) is 3.99. The molecule has 0 unspecified atom stereocenters. The molecular formula is C21H20N2O2S2. The fraction of sp³-hybridized carbons (Fsp3) is 0.143. The van der Waals surface area contributed by atoms with E-state index in [1.165, 1.54) is 34.0 Å². The Morgan fingerprint density at radius 1 is 1.00 bits per heavy atom. The van der Waals surface area contributed by atoms with E-state index in [9.17, 15) is 10.0 Å². The maximum Gasteiger partial charge on any atom is 0.251 e. The Hall–Kier alpha value is -2.44. The topological polar surface area (TPSA) is 56.0 Å². The van der Waals surface area contributed by atoms with Gasteiger partial charge in [-0.05, 0) is 79.2 Å². The van der Waals surface area contributed by atoms with E-state index in [4.69, 9.17) is 0 Å². The van der Waals surface area contributed by atoms with Gasteiger partial charge in [0.2, 0.25) is 5.91 Å². The molecule has 0 aliphatic carbocycles. The van der Waals surface area contributed by atoms with Crippen molar-refractivity contribution in [3.8, 4) is 0 Å². The van der Waals surface area contributed by atoms with Crippen molar-refractivity contribution in [1.29, 1.82) is 0 Å². The van der Waals surface area contributed by atoms with Gasteiger partial charge in [-0.25, -0.2) is 0 Å². The van der Waals surface area contributed by atoms with Crippen molar-refractivity contribution in [3.63, 3.8) is 0 Å². The fourth-order valence-electron chi connectivity index (χ4n) is 2.38. The number of hydrogen-bond acceptors (Lipinski definition) is 4. The second-order valence-electron chi connectivity index (χ2n) is 6.07. The average Bonchev–Trinajstić information content (AvgIpc) is 2.66. The maximum absolute atomic E-state index is 12.1. The zero-order valence-corrected chi connectivity index (χ0v) is 16.8. The van der Waals surface area contributed by atoms with Crippen molar-refractivity contribution in [2.75, 3.05) is 11.1 Å². The quantitative estimate of drug-likeness (QED) is 0.369. The molecule has 0 radical (unpaired) electrons. The second kappa shape index (κ2) is 8.97. The van der Waals surface area contributed by atoms with Gasteiger partial charge in [0.25, 0.3) is 5.03 Å². The molecule has 0 aliphatic heterocycles. The number of benzene rings is 2. The third-order valence-corrected chi connectivity index (χ3v) is 6.01. The lowest BCUT2D eigenvalue weighted by Crippen LogP contribution is -2.28. The summed E-state index contributed by atoms with van der Waals surface area (Å²) in [4.78, 5) is 14.4. The summed E-state index contributed by atoms with van der Waals surface area (Å²) in [5.74, 6) is 0.0456. The molecular weight excluding hydrogens is 376 g/mol. The molecule has 2 aromatic carbocycles. The lowest BCUT2D eigenvalue weighted by Gasteiger charge is -2.08. The minimum atomic E-state index is -0.140. The van der Waals surface area contributed by atoms with Crippen molar-refractivity contribution in [2.45, 2.75) is 28.7 Å². The number of carbonyl (C=O) groups is 1. The van der Waals surface area contributed by atoms with Crippen LogP contribution in [0.1, 0.15) is 11.1 Å². The van der Waals surface area contributed by atoms with Crippen molar-refractivity contribution in [1.82, 2.24) is 0 Å². The number of anilines is 1. The van der Waals surface area contributed by atoms with Crippen LogP contribution in [0, 0.1) is 19.1 Å². The summed E-state index contributed by atoms with van der Waals surface area (Å²) in [6, 6.07) is 19.3. The number of rotatable bonds is 6. The Labute approximate surface area is 167 Å². The molecule has 0 atom stereocenters. The number of aromatic nitrogens is 1. The first-order valence-corrected chi connectivity index (χ1v) is 10.3. The van der Waals surface area contributed by atoms with Crippen molar-refractivity contribution < 1.29 is 9.52 Å². The van der Waals surface area contributed by atoms with Crippen LogP contribution in [0.15, 0.2) is 81.7 Å². The Morgan fingerprint density at radius 2 is 1.74 bits per heavy atom. The largest absolute Gasteiger partial charge is 0.618 e. The van der Waals surface area contributed by atoms with Crippen LogP contribution in [0.4, 0.5) is 5.69 Å². The molecule has 1 aromatic heterocycles. The molecule has 1 heterocycles. The van der Waals surface area contributed by atoms with Crippen LogP contribution in [0.2, 0.25) is 0 Å². The minimum absolute atomic E-state index is 0.140. The highest BCUT2D eigenvalue weighted by Gasteiger charge is 2.09. The number of pyridine rings is 1. The fourth-order valence-corrected chi connectivity index (χ4v) is 4.01. The van der Waals surface area contributed by atoms with Crippen LogP contribution >= 0.6 is 23.5 Å². The van der Waals surface area contributed by atoms with Gasteiger partial charge in [-0.3, -0.25) is 4.79 Å². The van der Waals surface area contributed by atoms with Gasteiger partial charge in [0, 0.05) is 27.6 Å². The molecule has 0 fully saturated rings. The Morgan fingerprint density at radius 3 is 2.44 bits per heavy atom. The van der Waals surface area contributed by atoms with Crippen LogP contribution in [0.3, 0.4) is 0 Å². The van der Waals surface area contributed by atoms with Gasteiger partial charge in [-0.1, -0.05) is 17.8 Å². The highest BCUT2D eigenvalue weighted by molar-refractivity contribution is 7.99. The normalized spacial score (nSPS) is 10.6. The highest BCUT2D eigenvalue weighted by Crippen LogP contribution is 2.29. The van der Waals surface area contributed by atoms with Gasteiger partial charge in [0.15, 0.2) is 6.20 Å². The molecule has 3 rings (SSSR count). The van der Waals surface area contributed by atoms with Crippen molar-refractivity contribution >= 4 is 35.1 Å². The summed E-state index contributed by atoms with van der Waals surface area (Å²) in [6.45, 7) is 4.22. The molecule has 138 valence electrons. The van der Waals surface area contributed by atoms with Gasteiger partial charge in [-0.2, -0.15) is 4.73 Å². The number of hydrogen-bond donors (Lipinski definition) is 1. The second-order valence-corrected chi connectivity index (χ2v) is 8.22. The van der Waals surface area contributed by atoms with Gasteiger partial charge >= 0.3 is 0 Å². The van der Waals surface area contributed by atoms with Crippen LogP contribution in [-0.4, -0.2) is 11.7 Å². The first kappa shape index (κ1) is 19.3. The van der Waals surface area contributed by atoms with Gasteiger partial charge in [0.05, 0.1) is 5.75 Å². The summed E-state index contributed by atoms with van der Waals surface area (Å²) >= 11 is 2.91. The molecule has 1 amide bonds. The van der Waals surface area contributed by atoms with E-state index >= 15 is 0 Å². The number of amides is 1. The van der Waals surface area contributed by atoms with Crippen LogP contribution in [0.25, 0.3) is 0 Å². The van der Waals surface area contributed by atoms with Crippen molar-refractivity contribution in [3.05, 3.63) is 83.2 Å². The monoisotopic (exact) mass is 396 g/mol. The molecule has 6 heteroatoms. The Kier molecular flexibility index (Phi) is 6.42. The van der Waals surface area contributed by atoms with Gasteiger partial charge in [-0.15, -0.1) is 0 Å². The molecule has 4 nitrogen and oxygen atoms in total. The lowest BCUT2D eigenvalue weighted by atomic mass is 10.1. The summed E-state index contributed by atoms with van der Waals surface area (Å²) in [6.07, 6.45) is 1.42. The predicted molar refractivity (Wildman–Crippen MR) is 111 cm³/mol. The Bertz CT molecular complexity index is 943. The first-order valence-electron chi connectivity index (χ1n) is 8.47. The molecule has 0 saturated heterocycles. The van der Waals surface area contributed by atoms with Gasteiger partial charge in [0.1, 0.15) is 0 Å². The highest BCUT2D eigenvalue weighted by atomic mass is 32.2. The first-order chi connectivity index (χ1) is 13.0. The molecule has 1 N–H and O–H groups in total.